The van der Waals surface area contributed by atoms with Crippen molar-refractivity contribution >= 4 is 11.8 Å². The van der Waals surface area contributed by atoms with Gasteiger partial charge < -0.3 is 15.0 Å². The van der Waals surface area contributed by atoms with Crippen LogP contribution in [-0.2, 0) is 16.1 Å². The predicted molar refractivity (Wildman–Crippen MR) is 116 cm³/mol. The van der Waals surface area contributed by atoms with Crippen LogP contribution in [0.15, 0.2) is 48.5 Å². The minimum absolute atomic E-state index is 0.0431. The lowest BCUT2D eigenvalue weighted by Crippen LogP contribution is -2.50. The molecule has 2 rings (SSSR count). The molecule has 162 valence electrons. The van der Waals surface area contributed by atoms with Crippen LogP contribution >= 0.6 is 0 Å². The van der Waals surface area contributed by atoms with E-state index in [0.29, 0.717) is 11.7 Å². The molecule has 0 saturated carbocycles. The van der Waals surface area contributed by atoms with Crippen molar-refractivity contribution in [3.63, 3.8) is 0 Å². The summed E-state index contributed by atoms with van der Waals surface area (Å²) in [5.41, 5.74) is 1.92. The third-order valence-corrected chi connectivity index (χ3v) is 4.77. The number of hydrogen-bond acceptors (Lipinski definition) is 3. The number of amides is 2. The number of nitrogens with zero attached hydrogens (tertiary/aromatic N) is 1. The Balaban J connectivity index is 2.11. The standard InChI is InChI=1S/C24H31FN2O3/c1-16(2)20-8-12-22(13-9-20)30-15-23(28)27(18(5)24(29)26-17(3)4)14-19-6-10-21(25)11-7-19/h6-13,16-18H,14-15H2,1-5H3,(H,26,29). The van der Waals surface area contributed by atoms with Gasteiger partial charge in [-0.1, -0.05) is 38.1 Å². The zero-order valence-electron chi connectivity index (χ0n) is 18.3. The fourth-order valence-electron chi connectivity index (χ4n) is 2.95. The molecular formula is C24H31FN2O3. The monoisotopic (exact) mass is 414 g/mol. The van der Waals surface area contributed by atoms with E-state index < -0.39 is 6.04 Å². The third kappa shape index (κ3) is 6.87. The average molecular weight is 415 g/mol. The Morgan fingerprint density at radius 2 is 1.57 bits per heavy atom. The molecule has 0 bridgehead atoms. The van der Waals surface area contributed by atoms with Crippen LogP contribution in [0.5, 0.6) is 5.75 Å². The van der Waals surface area contributed by atoms with Crippen molar-refractivity contribution in [2.45, 2.75) is 59.2 Å². The summed E-state index contributed by atoms with van der Waals surface area (Å²) in [6.07, 6.45) is 0. The highest BCUT2D eigenvalue weighted by atomic mass is 19.1. The van der Waals surface area contributed by atoms with E-state index >= 15 is 0 Å². The van der Waals surface area contributed by atoms with Gasteiger partial charge in [0.2, 0.25) is 5.91 Å². The summed E-state index contributed by atoms with van der Waals surface area (Å²) in [7, 11) is 0. The van der Waals surface area contributed by atoms with Crippen LogP contribution in [-0.4, -0.2) is 35.4 Å². The molecule has 1 atom stereocenters. The maximum atomic E-state index is 13.2. The molecule has 0 aromatic heterocycles. The van der Waals surface area contributed by atoms with Crippen LogP contribution < -0.4 is 10.1 Å². The second kappa shape index (κ2) is 10.8. The normalized spacial score (nSPS) is 12.0. The first-order valence-electron chi connectivity index (χ1n) is 10.2. The molecule has 0 fully saturated rings. The molecule has 1 unspecified atom stereocenters. The van der Waals surface area contributed by atoms with E-state index in [1.54, 1.807) is 19.1 Å². The van der Waals surface area contributed by atoms with Gasteiger partial charge in [0.25, 0.3) is 5.91 Å². The number of ether oxygens (including phenoxy) is 1. The van der Waals surface area contributed by atoms with Crippen LogP contribution in [0.2, 0.25) is 0 Å². The SMILES string of the molecule is CC(C)NC(=O)C(C)N(Cc1ccc(F)cc1)C(=O)COc1ccc(C(C)C)cc1. The van der Waals surface area contributed by atoms with Crippen molar-refractivity contribution in [3.8, 4) is 5.75 Å². The van der Waals surface area contributed by atoms with E-state index in [-0.39, 0.29) is 36.8 Å². The Hall–Kier alpha value is -2.89. The Bertz CT molecular complexity index is 833. The largest absolute Gasteiger partial charge is 0.484 e. The fourth-order valence-corrected chi connectivity index (χ4v) is 2.95. The van der Waals surface area contributed by atoms with Gasteiger partial charge in [0.05, 0.1) is 0 Å². The van der Waals surface area contributed by atoms with Crippen molar-refractivity contribution in [3.05, 3.63) is 65.5 Å². The molecule has 1 N–H and O–H groups in total. The number of benzene rings is 2. The minimum Gasteiger partial charge on any atom is -0.484 e. The molecule has 0 aliphatic carbocycles. The molecule has 2 aromatic carbocycles. The summed E-state index contributed by atoms with van der Waals surface area (Å²) < 4.78 is 18.9. The Morgan fingerprint density at radius 3 is 2.10 bits per heavy atom. The third-order valence-electron chi connectivity index (χ3n) is 4.77. The molecule has 2 amide bonds. The summed E-state index contributed by atoms with van der Waals surface area (Å²) in [5, 5.41) is 2.83. The van der Waals surface area contributed by atoms with Gasteiger partial charge in [0.15, 0.2) is 6.61 Å². The molecule has 0 heterocycles. The van der Waals surface area contributed by atoms with Crippen LogP contribution in [0.3, 0.4) is 0 Å². The molecule has 0 spiro atoms. The van der Waals surface area contributed by atoms with Crippen LogP contribution in [0.25, 0.3) is 0 Å². The average Bonchev–Trinajstić information content (AvgIpc) is 2.70. The quantitative estimate of drug-likeness (QED) is 0.667. The highest BCUT2D eigenvalue weighted by Gasteiger charge is 2.26. The smallest absolute Gasteiger partial charge is 0.261 e. The zero-order valence-corrected chi connectivity index (χ0v) is 18.3. The second-order valence-corrected chi connectivity index (χ2v) is 8.00. The van der Waals surface area contributed by atoms with Crippen LogP contribution in [0.1, 0.15) is 51.7 Å². The molecule has 30 heavy (non-hydrogen) atoms. The predicted octanol–water partition coefficient (Wildman–Crippen LogP) is 4.27. The van der Waals surface area contributed by atoms with Crippen LogP contribution in [0, 0.1) is 5.82 Å². The number of nitrogens with one attached hydrogen (secondary N) is 1. The molecule has 6 heteroatoms. The van der Waals surface area contributed by atoms with Gasteiger partial charge in [-0.3, -0.25) is 9.59 Å². The lowest BCUT2D eigenvalue weighted by atomic mass is 10.0. The van der Waals surface area contributed by atoms with Crippen molar-refractivity contribution in [1.82, 2.24) is 10.2 Å². The highest BCUT2D eigenvalue weighted by Crippen LogP contribution is 2.19. The van der Waals surface area contributed by atoms with Crippen molar-refractivity contribution in [1.29, 1.82) is 0 Å². The zero-order chi connectivity index (χ0) is 22.3. The van der Waals surface area contributed by atoms with Crippen LogP contribution in [0.4, 0.5) is 4.39 Å². The van der Waals surface area contributed by atoms with Crippen molar-refractivity contribution in [2.24, 2.45) is 0 Å². The van der Waals surface area contributed by atoms with Crippen molar-refractivity contribution in [2.75, 3.05) is 6.61 Å². The molecule has 0 radical (unpaired) electrons. The topological polar surface area (TPSA) is 58.6 Å². The van der Waals surface area contributed by atoms with Gasteiger partial charge in [-0.2, -0.15) is 0 Å². The van der Waals surface area contributed by atoms with Gasteiger partial charge in [0, 0.05) is 12.6 Å². The lowest BCUT2D eigenvalue weighted by Gasteiger charge is -2.29. The van der Waals surface area contributed by atoms with E-state index in [0.717, 1.165) is 5.56 Å². The van der Waals surface area contributed by atoms with E-state index in [2.05, 4.69) is 19.2 Å². The van der Waals surface area contributed by atoms with Gasteiger partial charge in [-0.15, -0.1) is 0 Å². The molecule has 0 saturated heterocycles. The van der Waals surface area contributed by atoms with Gasteiger partial charge in [-0.25, -0.2) is 4.39 Å². The number of hydrogen-bond donors (Lipinski definition) is 1. The van der Waals surface area contributed by atoms with E-state index in [1.165, 1.54) is 22.6 Å². The maximum absolute atomic E-state index is 13.2. The number of carbonyl (C=O) groups excluding carboxylic acids is 2. The van der Waals surface area contributed by atoms with E-state index in [1.807, 2.05) is 38.1 Å². The molecule has 0 aliphatic heterocycles. The van der Waals surface area contributed by atoms with Gasteiger partial charge >= 0.3 is 0 Å². The van der Waals surface area contributed by atoms with E-state index in [9.17, 15) is 14.0 Å². The van der Waals surface area contributed by atoms with Crippen molar-refractivity contribution < 1.29 is 18.7 Å². The molecule has 0 aliphatic rings. The van der Waals surface area contributed by atoms with E-state index in [4.69, 9.17) is 4.74 Å². The molecule has 2 aromatic rings. The lowest BCUT2D eigenvalue weighted by molar-refractivity contribution is -0.142. The number of rotatable bonds is 9. The van der Waals surface area contributed by atoms with Gasteiger partial charge in [-0.05, 0) is 62.1 Å². The highest BCUT2D eigenvalue weighted by molar-refractivity contribution is 5.88. The minimum atomic E-state index is -0.697. The summed E-state index contributed by atoms with van der Waals surface area (Å²) in [6.45, 7) is 9.60. The second-order valence-electron chi connectivity index (χ2n) is 8.00. The fraction of sp³-hybridized carbons (Fsp3) is 0.417. The Kier molecular flexibility index (Phi) is 8.39. The van der Waals surface area contributed by atoms with Gasteiger partial charge in [0.1, 0.15) is 17.6 Å². The maximum Gasteiger partial charge on any atom is 0.261 e. The Labute approximate surface area is 178 Å². The summed E-state index contributed by atoms with van der Waals surface area (Å²) in [4.78, 5) is 26.9. The molecular weight excluding hydrogens is 383 g/mol. The summed E-state index contributed by atoms with van der Waals surface area (Å²) in [6, 6.07) is 12.8. The molecule has 5 nitrogen and oxygen atoms in total. The Morgan fingerprint density at radius 1 is 0.967 bits per heavy atom. The number of carbonyl (C=O) groups is 2. The first kappa shape index (κ1) is 23.4. The summed E-state index contributed by atoms with van der Waals surface area (Å²) in [5.74, 6) is 0.0804. The summed E-state index contributed by atoms with van der Waals surface area (Å²) >= 11 is 0. The first-order chi connectivity index (χ1) is 14.2. The first-order valence-corrected chi connectivity index (χ1v) is 10.2. The number of halogens is 1.